The van der Waals surface area contributed by atoms with Crippen LogP contribution in [0.1, 0.15) is 38.7 Å². The first-order valence-corrected chi connectivity index (χ1v) is 6.81. The molecule has 0 aromatic heterocycles. The fraction of sp³-hybridized carbons (Fsp3) is 0.467. The third-order valence-electron chi connectivity index (χ3n) is 2.94. The normalized spacial score (nSPS) is 10.4. The Labute approximate surface area is 119 Å². The highest BCUT2D eigenvalue weighted by Gasteiger charge is 2.15. The maximum Gasteiger partial charge on any atom is 0.323 e. The fourth-order valence-corrected chi connectivity index (χ4v) is 1.84. The number of aliphatic carboxylic acids is 1. The molecule has 0 aliphatic heterocycles. The molecule has 1 rings (SSSR count). The number of nitrogens with zero attached hydrogens (tertiary/aromatic N) is 1. The predicted octanol–water partition coefficient (Wildman–Crippen LogP) is 3.14. The van der Waals surface area contributed by atoms with Crippen LogP contribution in [0.25, 0.3) is 0 Å². The number of rotatable bonds is 6. The summed E-state index contributed by atoms with van der Waals surface area (Å²) in [6.07, 6.45) is 0.715. The third kappa shape index (κ3) is 4.91. The summed E-state index contributed by atoms with van der Waals surface area (Å²) in [5, 5.41) is 11.5. The van der Waals surface area contributed by atoms with Crippen LogP contribution in [-0.4, -0.2) is 35.1 Å². The van der Waals surface area contributed by atoms with Crippen LogP contribution < -0.4 is 5.32 Å². The average Bonchev–Trinajstić information content (AvgIpc) is 2.38. The zero-order valence-corrected chi connectivity index (χ0v) is 12.2. The number of hydrogen-bond acceptors (Lipinski definition) is 2. The minimum absolute atomic E-state index is 0.288. The second-order valence-corrected chi connectivity index (χ2v) is 5.02. The van der Waals surface area contributed by atoms with Crippen molar-refractivity contribution in [2.24, 2.45) is 0 Å². The number of carbonyl (C=O) groups excluding carboxylic acids is 1. The Balaban J connectivity index is 2.69. The molecule has 0 saturated carbocycles. The first-order chi connectivity index (χ1) is 9.43. The minimum atomic E-state index is -1.01. The molecular formula is C15H22N2O3. The van der Waals surface area contributed by atoms with Gasteiger partial charge in [0.05, 0.1) is 0 Å². The van der Waals surface area contributed by atoms with Crippen molar-refractivity contribution in [2.75, 3.05) is 18.4 Å². The SMILES string of the molecule is CCCN(CC(=O)O)C(=O)Nc1ccc(C(C)C)cc1. The summed E-state index contributed by atoms with van der Waals surface area (Å²) in [5.41, 5.74) is 1.87. The molecule has 5 heteroatoms. The molecule has 0 aliphatic rings. The first-order valence-electron chi connectivity index (χ1n) is 6.81. The Morgan fingerprint density at radius 2 is 1.85 bits per heavy atom. The van der Waals surface area contributed by atoms with Crippen LogP contribution in [0, 0.1) is 0 Å². The van der Waals surface area contributed by atoms with Crippen LogP contribution in [0.2, 0.25) is 0 Å². The summed E-state index contributed by atoms with van der Waals surface area (Å²) in [7, 11) is 0. The van der Waals surface area contributed by atoms with E-state index in [9.17, 15) is 9.59 Å². The molecule has 0 radical (unpaired) electrons. The number of hydrogen-bond donors (Lipinski definition) is 2. The molecule has 1 aromatic carbocycles. The van der Waals surface area contributed by atoms with Crippen LogP contribution in [-0.2, 0) is 4.79 Å². The predicted molar refractivity (Wildman–Crippen MR) is 79.0 cm³/mol. The van der Waals surface area contributed by atoms with Gasteiger partial charge in [-0.15, -0.1) is 0 Å². The molecule has 0 saturated heterocycles. The van der Waals surface area contributed by atoms with Crippen LogP contribution >= 0.6 is 0 Å². The molecule has 2 N–H and O–H groups in total. The van der Waals surface area contributed by atoms with Crippen molar-refractivity contribution in [1.82, 2.24) is 4.90 Å². The van der Waals surface area contributed by atoms with E-state index in [-0.39, 0.29) is 12.6 Å². The zero-order valence-electron chi connectivity index (χ0n) is 12.2. The third-order valence-corrected chi connectivity index (χ3v) is 2.94. The van der Waals surface area contributed by atoms with Gasteiger partial charge in [-0.2, -0.15) is 0 Å². The molecular weight excluding hydrogens is 256 g/mol. The van der Waals surface area contributed by atoms with Gasteiger partial charge in [0, 0.05) is 12.2 Å². The quantitative estimate of drug-likeness (QED) is 0.839. The van der Waals surface area contributed by atoms with Gasteiger partial charge in [0.2, 0.25) is 0 Å². The van der Waals surface area contributed by atoms with E-state index in [1.165, 1.54) is 10.5 Å². The Kier molecular flexibility index (Phi) is 6.03. The average molecular weight is 278 g/mol. The summed E-state index contributed by atoms with van der Waals surface area (Å²) in [6, 6.07) is 7.20. The highest BCUT2D eigenvalue weighted by atomic mass is 16.4. The Morgan fingerprint density at radius 3 is 2.30 bits per heavy atom. The number of anilines is 1. The monoisotopic (exact) mass is 278 g/mol. The van der Waals surface area contributed by atoms with Crippen LogP contribution in [0.5, 0.6) is 0 Å². The molecule has 0 unspecified atom stereocenters. The van der Waals surface area contributed by atoms with Crippen molar-refractivity contribution in [1.29, 1.82) is 0 Å². The maximum absolute atomic E-state index is 12.0. The zero-order chi connectivity index (χ0) is 15.1. The lowest BCUT2D eigenvalue weighted by Gasteiger charge is -2.20. The van der Waals surface area contributed by atoms with Crippen molar-refractivity contribution >= 4 is 17.7 Å². The van der Waals surface area contributed by atoms with Gasteiger partial charge in [-0.25, -0.2) is 4.79 Å². The topological polar surface area (TPSA) is 69.6 Å². The Hall–Kier alpha value is -2.04. The molecule has 0 heterocycles. The lowest BCUT2D eigenvalue weighted by Crippen LogP contribution is -2.39. The Morgan fingerprint density at radius 1 is 1.25 bits per heavy atom. The van der Waals surface area contributed by atoms with E-state index in [2.05, 4.69) is 19.2 Å². The highest BCUT2D eigenvalue weighted by molar-refractivity contribution is 5.91. The van der Waals surface area contributed by atoms with Gasteiger partial charge in [0.1, 0.15) is 6.54 Å². The van der Waals surface area contributed by atoms with Gasteiger partial charge in [-0.1, -0.05) is 32.9 Å². The van der Waals surface area contributed by atoms with Gasteiger partial charge in [-0.3, -0.25) is 4.79 Å². The number of nitrogens with one attached hydrogen (secondary N) is 1. The van der Waals surface area contributed by atoms with Crippen LogP contribution in [0.15, 0.2) is 24.3 Å². The highest BCUT2D eigenvalue weighted by Crippen LogP contribution is 2.17. The minimum Gasteiger partial charge on any atom is -0.480 e. The smallest absolute Gasteiger partial charge is 0.323 e. The second kappa shape index (κ2) is 7.53. The molecule has 110 valence electrons. The summed E-state index contributed by atoms with van der Waals surface area (Å²) in [6.45, 7) is 6.23. The fourth-order valence-electron chi connectivity index (χ4n) is 1.84. The van der Waals surface area contributed by atoms with Crippen molar-refractivity contribution in [3.8, 4) is 0 Å². The van der Waals surface area contributed by atoms with Gasteiger partial charge in [-0.05, 0) is 30.0 Å². The van der Waals surface area contributed by atoms with Crippen LogP contribution in [0.3, 0.4) is 0 Å². The van der Waals surface area contributed by atoms with Crippen molar-refractivity contribution < 1.29 is 14.7 Å². The summed E-state index contributed by atoms with van der Waals surface area (Å²) < 4.78 is 0. The van der Waals surface area contributed by atoms with E-state index < -0.39 is 5.97 Å². The first kappa shape index (κ1) is 16.0. The largest absolute Gasteiger partial charge is 0.480 e. The van der Waals surface area contributed by atoms with E-state index in [4.69, 9.17) is 5.11 Å². The number of amides is 2. The molecule has 2 amide bonds. The molecule has 0 spiro atoms. The number of benzene rings is 1. The molecule has 20 heavy (non-hydrogen) atoms. The molecule has 0 bridgehead atoms. The van der Waals surface area contributed by atoms with Crippen molar-refractivity contribution in [3.63, 3.8) is 0 Å². The molecule has 0 atom stereocenters. The maximum atomic E-state index is 12.0. The van der Waals surface area contributed by atoms with Gasteiger partial charge in [0.25, 0.3) is 0 Å². The van der Waals surface area contributed by atoms with Gasteiger partial charge >= 0.3 is 12.0 Å². The molecule has 0 fully saturated rings. The lowest BCUT2D eigenvalue weighted by atomic mass is 10.0. The number of carboxylic acids is 1. The van der Waals surface area contributed by atoms with Gasteiger partial charge in [0.15, 0.2) is 0 Å². The second-order valence-electron chi connectivity index (χ2n) is 5.02. The summed E-state index contributed by atoms with van der Waals surface area (Å²) in [5.74, 6) is -0.577. The number of carbonyl (C=O) groups is 2. The molecule has 5 nitrogen and oxygen atoms in total. The molecule has 1 aromatic rings. The summed E-state index contributed by atoms with van der Waals surface area (Å²) >= 11 is 0. The summed E-state index contributed by atoms with van der Waals surface area (Å²) in [4.78, 5) is 24.0. The lowest BCUT2D eigenvalue weighted by molar-refractivity contribution is -0.137. The van der Waals surface area contributed by atoms with E-state index in [0.717, 1.165) is 0 Å². The number of urea groups is 1. The van der Waals surface area contributed by atoms with E-state index in [1.807, 2.05) is 31.2 Å². The molecule has 0 aliphatic carbocycles. The van der Waals surface area contributed by atoms with E-state index in [1.54, 1.807) is 0 Å². The standard InChI is InChI=1S/C15H22N2O3/c1-4-9-17(10-14(18)19)15(20)16-13-7-5-12(6-8-13)11(2)3/h5-8,11H,4,9-10H2,1-3H3,(H,16,20)(H,18,19). The van der Waals surface area contributed by atoms with E-state index >= 15 is 0 Å². The van der Waals surface area contributed by atoms with Crippen molar-refractivity contribution in [2.45, 2.75) is 33.1 Å². The van der Waals surface area contributed by atoms with E-state index in [0.29, 0.717) is 24.6 Å². The van der Waals surface area contributed by atoms with Crippen LogP contribution in [0.4, 0.5) is 10.5 Å². The van der Waals surface area contributed by atoms with Crippen molar-refractivity contribution in [3.05, 3.63) is 29.8 Å². The number of carboxylic acid groups (broad SMARTS) is 1. The van der Waals surface area contributed by atoms with Gasteiger partial charge < -0.3 is 15.3 Å². The Bertz CT molecular complexity index is 455.